The van der Waals surface area contributed by atoms with Crippen LogP contribution < -0.4 is 16.6 Å². The average molecular weight is 365 g/mol. The highest BCUT2D eigenvalue weighted by Crippen LogP contribution is 2.16. The Morgan fingerprint density at radius 3 is 2.52 bits per heavy atom. The van der Waals surface area contributed by atoms with Gasteiger partial charge >= 0.3 is 5.69 Å². The van der Waals surface area contributed by atoms with Crippen LogP contribution in [0.3, 0.4) is 0 Å². The molecule has 6 nitrogen and oxygen atoms in total. The molecule has 0 unspecified atom stereocenters. The number of nitrogens with one attached hydrogen (secondary N) is 1. The zero-order valence-corrected chi connectivity index (χ0v) is 15.8. The van der Waals surface area contributed by atoms with Crippen LogP contribution in [0.15, 0.2) is 52.1 Å². The van der Waals surface area contributed by atoms with Gasteiger partial charge in [-0.15, -0.1) is 0 Å². The largest absolute Gasteiger partial charge is 0.355 e. The monoisotopic (exact) mass is 365 g/mol. The number of carbonyl (C=O) groups excluding carboxylic acids is 1. The second-order valence-electron chi connectivity index (χ2n) is 6.60. The topological polar surface area (TPSA) is 73.1 Å². The maximum absolute atomic E-state index is 13.2. The van der Waals surface area contributed by atoms with Gasteiger partial charge in [-0.1, -0.05) is 31.2 Å². The number of fused-ring (bicyclic) bond motifs is 1. The summed E-state index contributed by atoms with van der Waals surface area (Å²) >= 11 is 0. The molecule has 27 heavy (non-hydrogen) atoms. The van der Waals surface area contributed by atoms with Crippen LogP contribution >= 0.6 is 0 Å². The summed E-state index contributed by atoms with van der Waals surface area (Å²) in [7, 11) is 0. The molecule has 1 heterocycles. The van der Waals surface area contributed by atoms with Crippen molar-refractivity contribution in [1.29, 1.82) is 0 Å². The maximum Gasteiger partial charge on any atom is 0.336 e. The SMILES string of the molecule is CCCNC(=O)Cn1c(=O)n(-c2cccc(C)c2C)c(=O)c2ccccc21. The van der Waals surface area contributed by atoms with E-state index in [0.717, 1.165) is 22.1 Å². The number of rotatable bonds is 5. The van der Waals surface area contributed by atoms with Crippen molar-refractivity contribution in [3.8, 4) is 5.69 Å². The van der Waals surface area contributed by atoms with Gasteiger partial charge in [0.15, 0.2) is 0 Å². The number of hydrogen-bond acceptors (Lipinski definition) is 3. The summed E-state index contributed by atoms with van der Waals surface area (Å²) in [6.07, 6.45) is 0.809. The molecule has 1 amide bonds. The summed E-state index contributed by atoms with van der Waals surface area (Å²) in [5.41, 5.74) is 1.95. The third-order valence-corrected chi connectivity index (χ3v) is 4.74. The van der Waals surface area contributed by atoms with Crippen molar-refractivity contribution in [2.75, 3.05) is 6.54 Å². The van der Waals surface area contributed by atoms with E-state index in [0.29, 0.717) is 23.1 Å². The second kappa shape index (κ2) is 7.61. The number of nitrogens with zero attached hydrogens (tertiary/aromatic N) is 2. The Kier molecular flexibility index (Phi) is 5.26. The zero-order valence-electron chi connectivity index (χ0n) is 15.8. The molecule has 0 aliphatic heterocycles. The lowest BCUT2D eigenvalue weighted by atomic mass is 10.1. The maximum atomic E-state index is 13.2. The number of benzene rings is 2. The third-order valence-electron chi connectivity index (χ3n) is 4.74. The van der Waals surface area contributed by atoms with Crippen molar-refractivity contribution in [3.05, 3.63) is 74.4 Å². The van der Waals surface area contributed by atoms with E-state index in [1.54, 1.807) is 30.3 Å². The first-order chi connectivity index (χ1) is 13.0. The predicted molar refractivity (Wildman–Crippen MR) is 107 cm³/mol. The van der Waals surface area contributed by atoms with Gasteiger partial charge in [-0.25, -0.2) is 9.36 Å². The lowest BCUT2D eigenvalue weighted by Crippen LogP contribution is -2.42. The molecule has 0 aliphatic rings. The molecule has 0 spiro atoms. The Bertz CT molecular complexity index is 1130. The predicted octanol–water partition coefficient (Wildman–Crippen LogP) is 2.30. The molecule has 140 valence electrons. The number of amides is 1. The van der Waals surface area contributed by atoms with Crippen LogP contribution in [0.1, 0.15) is 24.5 Å². The molecule has 0 fully saturated rings. The van der Waals surface area contributed by atoms with E-state index < -0.39 is 5.69 Å². The molecule has 0 bridgehead atoms. The van der Waals surface area contributed by atoms with Crippen molar-refractivity contribution in [2.45, 2.75) is 33.7 Å². The van der Waals surface area contributed by atoms with Crippen molar-refractivity contribution >= 4 is 16.8 Å². The molecule has 3 aromatic rings. The van der Waals surface area contributed by atoms with Crippen LogP contribution in [0.2, 0.25) is 0 Å². The smallest absolute Gasteiger partial charge is 0.336 e. The lowest BCUT2D eigenvalue weighted by Gasteiger charge is -2.16. The summed E-state index contributed by atoms with van der Waals surface area (Å²) in [5, 5.41) is 3.19. The molecule has 0 atom stereocenters. The number of carbonyl (C=O) groups is 1. The molecular formula is C21H23N3O3. The molecule has 6 heteroatoms. The number of para-hydroxylation sites is 1. The van der Waals surface area contributed by atoms with E-state index in [1.165, 1.54) is 4.57 Å². The van der Waals surface area contributed by atoms with Gasteiger partial charge in [-0.3, -0.25) is 14.2 Å². The average Bonchev–Trinajstić information content (AvgIpc) is 2.67. The van der Waals surface area contributed by atoms with Gasteiger partial charge in [-0.05, 0) is 49.6 Å². The third kappa shape index (κ3) is 3.43. The lowest BCUT2D eigenvalue weighted by molar-refractivity contribution is -0.121. The highest BCUT2D eigenvalue weighted by Gasteiger charge is 2.17. The fourth-order valence-electron chi connectivity index (χ4n) is 3.13. The van der Waals surface area contributed by atoms with Crippen LogP contribution in [-0.4, -0.2) is 21.6 Å². The Hall–Kier alpha value is -3.15. The summed E-state index contributed by atoms with van der Waals surface area (Å²) in [6, 6.07) is 12.4. The van der Waals surface area contributed by atoms with Crippen LogP contribution in [0, 0.1) is 13.8 Å². The molecule has 1 aromatic heterocycles. The van der Waals surface area contributed by atoms with E-state index in [4.69, 9.17) is 0 Å². The minimum absolute atomic E-state index is 0.134. The Morgan fingerprint density at radius 2 is 1.78 bits per heavy atom. The van der Waals surface area contributed by atoms with Gasteiger partial charge in [0.2, 0.25) is 5.91 Å². The van der Waals surface area contributed by atoms with Crippen LogP contribution in [0.5, 0.6) is 0 Å². The molecule has 1 N–H and O–H groups in total. The summed E-state index contributed by atoms with van der Waals surface area (Å²) in [4.78, 5) is 38.6. The number of aryl methyl sites for hydroxylation is 1. The number of hydrogen-bond donors (Lipinski definition) is 1. The first kappa shape index (κ1) is 18.6. The summed E-state index contributed by atoms with van der Waals surface area (Å²) in [6.45, 7) is 6.18. The fraction of sp³-hybridized carbons (Fsp3) is 0.286. The zero-order chi connectivity index (χ0) is 19.6. The highest BCUT2D eigenvalue weighted by atomic mass is 16.2. The first-order valence-electron chi connectivity index (χ1n) is 9.03. The van der Waals surface area contributed by atoms with Crippen LogP contribution in [0.25, 0.3) is 16.6 Å². The molecule has 0 radical (unpaired) electrons. The van der Waals surface area contributed by atoms with Gasteiger partial charge < -0.3 is 5.32 Å². The molecule has 2 aromatic carbocycles. The molecule has 3 rings (SSSR count). The standard InChI is InChI=1S/C21H23N3O3/c1-4-12-22-19(25)13-23-18-10-6-5-9-16(18)20(26)24(21(23)27)17-11-7-8-14(2)15(17)3/h5-11H,4,12-13H2,1-3H3,(H,22,25). The molecular weight excluding hydrogens is 342 g/mol. The Labute approximate surface area is 157 Å². The van der Waals surface area contributed by atoms with E-state index in [2.05, 4.69) is 5.32 Å². The minimum atomic E-state index is -0.515. The fourth-order valence-corrected chi connectivity index (χ4v) is 3.13. The van der Waals surface area contributed by atoms with Gasteiger partial charge in [0.1, 0.15) is 6.54 Å². The molecule has 0 saturated heterocycles. The second-order valence-corrected chi connectivity index (χ2v) is 6.60. The van der Waals surface area contributed by atoms with E-state index in [9.17, 15) is 14.4 Å². The van der Waals surface area contributed by atoms with Crippen LogP contribution in [-0.2, 0) is 11.3 Å². The normalized spacial score (nSPS) is 10.9. The van der Waals surface area contributed by atoms with Gasteiger partial charge in [0.05, 0.1) is 16.6 Å². The molecule has 0 saturated carbocycles. The molecule has 0 aliphatic carbocycles. The van der Waals surface area contributed by atoms with E-state index >= 15 is 0 Å². The first-order valence-corrected chi connectivity index (χ1v) is 9.03. The van der Waals surface area contributed by atoms with Gasteiger partial charge in [0, 0.05) is 6.54 Å². The minimum Gasteiger partial charge on any atom is -0.355 e. The Balaban J connectivity index is 2.30. The van der Waals surface area contributed by atoms with E-state index in [1.807, 2.05) is 32.9 Å². The van der Waals surface area contributed by atoms with Crippen molar-refractivity contribution in [3.63, 3.8) is 0 Å². The Morgan fingerprint density at radius 1 is 1.04 bits per heavy atom. The van der Waals surface area contributed by atoms with Crippen molar-refractivity contribution in [2.24, 2.45) is 0 Å². The van der Waals surface area contributed by atoms with Crippen LogP contribution in [0.4, 0.5) is 0 Å². The van der Waals surface area contributed by atoms with Gasteiger partial charge in [0.25, 0.3) is 5.56 Å². The van der Waals surface area contributed by atoms with E-state index in [-0.39, 0.29) is 18.0 Å². The van der Waals surface area contributed by atoms with Crippen molar-refractivity contribution < 1.29 is 4.79 Å². The van der Waals surface area contributed by atoms with Crippen molar-refractivity contribution in [1.82, 2.24) is 14.5 Å². The van der Waals surface area contributed by atoms with Gasteiger partial charge in [-0.2, -0.15) is 0 Å². The summed E-state index contributed by atoms with van der Waals surface area (Å²) < 4.78 is 2.53. The highest BCUT2D eigenvalue weighted by molar-refractivity contribution is 5.82. The number of aromatic nitrogens is 2. The quantitative estimate of drug-likeness (QED) is 0.754. The summed E-state index contributed by atoms with van der Waals surface area (Å²) in [5.74, 6) is -0.254.